The minimum absolute atomic E-state index is 0.0316. The van der Waals surface area contributed by atoms with Gasteiger partial charge in [-0.2, -0.15) is 0 Å². The molecule has 1 N–H and O–H groups in total. The SMILES string of the molecule is O=C(OCc1ccccc1)C(CCc1ccc2ccccc2c1)=NO. The molecule has 25 heavy (non-hydrogen) atoms. The van der Waals surface area contributed by atoms with Gasteiger partial charge in [-0.3, -0.25) is 0 Å². The number of ether oxygens (including phenoxy) is 1. The first-order valence-electron chi connectivity index (χ1n) is 8.16. The number of aryl methyl sites for hydroxylation is 1. The van der Waals surface area contributed by atoms with Crippen LogP contribution in [0.3, 0.4) is 0 Å². The van der Waals surface area contributed by atoms with Gasteiger partial charge < -0.3 is 9.94 Å². The van der Waals surface area contributed by atoms with Crippen LogP contribution in [0.25, 0.3) is 10.8 Å². The number of rotatable bonds is 6. The van der Waals surface area contributed by atoms with Gasteiger partial charge in [0.1, 0.15) is 6.61 Å². The summed E-state index contributed by atoms with van der Waals surface area (Å²) in [5.41, 5.74) is 2.00. The van der Waals surface area contributed by atoms with Crippen molar-refractivity contribution in [1.82, 2.24) is 0 Å². The maximum Gasteiger partial charge on any atom is 0.356 e. The Kier molecular flexibility index (Phi) is 5.42. The molecule has 126 valence electrons. The molecular weight excluding hydrogens is 314 g/mol. The molecule has 0 aliphatic carbocycles. The van der Waals surface area contributed by atoms with Crippen molar-refractivity contribution in [3.63, 3.8) is 0 Å². The number of esters is 1. The van der Waals surface area contributed by atoms with Gasteiger partial charge in [-0.1, -0.05) is 78.0 Å². The fourth-order valence-corrected chi connectivity index (χ4v) is 2.66. The number of oxime groups is 1. The zero-order valence-corrected chi connectivity index (χ0v) is 13.8. The van der Waals surface area contributed by atoms with E-state index < -0.39 is 5.97 Å². The van der Waals surface area contributed by atoms with Crippen molar-refractivity contribution < 1.29 is 14.7 Å². The Labute approximate surface area is 146 Å². The molecule has 0 aliphatic heterocycles. The lowest BCUT2D eigenvalue weighted by Gasteiger charge is -2.07. The third-order valence-corrected chi connectivity index (χ3v) is 4.03. The number of carbonyl (C=O) groups excluding carboxylic acids is 1. The molecule has 0 amide bonds. The molecule has 3 aromatic rings. The largest absolute Gasteiger partial charge is 0.456 e. The van der Waals surface area contributed by atoms with Gasteiger partial charge in [0, 0.05) is 6.42 Å². The topological polar surface area (TPSA) is 58.9 Å². The van der Waals surface area contributed by atoms with Crippen LogP contribution in [0.2, 0.25) is 0 Å². The Balaban J connectivity index is 1.58. The van der Waals surface area contributed by atoms with Crippen molar-refractivity contribution in [3.8, 4) is 0 Å². The predicted octanol–water partition coefficient (Wildman–Crippen LogP) is 4.35. The van der Waals surface area contributed by atoms with Crippen LogP contribution in [0.5, 0.6) is 0 Å². The van der Waals surface area contributed by atoms with Gasteiger partial charge >= 0.3 is 5.97 Å². The zero-order valence-electron chi connectivity index (χ0n) is 13.8. The van der Waals surface area contributed by atoms with E-state index in [0.29, 0.717) is 12.8 Å². The van der Waals surface area contributed by atoms with Gasteiger partial charge in [0.25, 0.3) is 0 Å². The maximum atomic E-state index is 12.1. The fourth-order valence-electron chi connectivity index (χ4n) is 2.66. The van der Waals surface area contributed by atoms with E-state index in [4.69, 9.17) is 9.94 Å². The van der Waals surface area contributed by atoms with E-state index in [1.165, 1.54) is 5.39 Å². The molecule has 3 aromatic carbocycles. The molecule has 0 heterocycles. The van der Waals surface area contributed by atoms with Crippen LogP contribution < -0.4 is 0 Å². The van der Waals surface area contributed by atoms with Crippen LogP contribution in [-0.4, -0.2) is 16.9 Å². The maximum absolute atomic E-state index is 12.1. The zero-order chi connectivity index (χ0) is 17.5. The van der Waals surface area contributed by atoms with Crippen LogP contribution >= 0.6 is 0 Å². The molecule has 0 bridgehead atoms. The van der Waals surface area contributed by atoms with Crippen LogP contribution in [0.1, 0.15) is 17.5 Å². The van der Waals surface area contributed by atoms with Crippen LogP contribution in [-0.2, 0) is 22.6 Å². The summed E-state index contributed by atoms with van der Waals surface area (Å²) in [7, 11) is 0. The summed E-state index contributed by atoms with van der Waals surface area (Å²) in [6, 6.07) is 23.7. The highest BCUT2D eigenvalue weighted by atomic mass is 16.5. The number of nitrogens with zero attached hydrogens (tertiary/aromatic N) is 1. The smallest absolute Gasteiger partial charge is 0.356 e. The standard InChI is InChI=1S/C21H19NO3/c23-21(25-15-17-6-2-1-3-7-17)20(22-24)13-11-16-10-12-18-8-4-5-9-19(18)14-16/h1-10,12,14,24H,11,13,15H2. The molecule has 0 saturated carbocycles. The van der Waals surface area contributed by atoms with Gasteiger partial charge in [-0.05, 0) is 28.3 Å². The number of carbonyl (C=O) groups is 1. The first-order valence-corrected chi connectivity index (χ1v) is 8.16. The highest BCUT2D eigenvalue weighted by Gasteiger charge is 2.14. The molecule has 0 atom stereocenters. The van der Waals surface area contributed by atoms with E-state index in [2.05, 4.69) is 17.3 Å². The van der Waals surface area contributed by atoms with Gasteiger partial charge in [-0.25, -0.2) is 4.79 Å². The number of hydrogen-bond acceptors (Lipinski definition) is 4. The van der Waals surface area contributed by atoms with Crippen molar-refractivity contribution in [2.45, 2.75) is 19.4 Å². The summed E-state index contributed by atoms with van der Waals surface area (Å²) in [6.07, 6.45) is 0.924. The minimum atomic E-state index is -0.591. The first kappa shape index (κ1) is 16.7. The van der Waals surface area contributed by atoms with Crippen molar-refractivity contribution in [3.05, 3.63) is 83.9 Å². The van der Waals surface area contributed by atoms with E-state index >= 15 is 0 Å². The summed E-state index contributed by atoms with van der Waals surface area (Å²) in [6.45, 7) is 0.161. The first-order chi connectivity index (χ1) is 12.3. The van der Waals surface area contributed by atoms with Crippen LogP contribution in [0.15, 0.2) is 78.0 Å². The lowest BCUT2D eigenvalue weighted by molar-refractivity contribution is -0.137. The summed E-state index contributed by atoms with van der Waals surface area (Å²) in [5, 5.41) is 14.6. The highest BCUT2D eigenvalue weighted by Crippen LogP contribution is 2.17. The van der Waals surface area contributed by atoms with Crippen molar-refractivity contribution in [2.24, 2.45) is 5.16 Å². The summed E-state index contributed by atoms with van der Waals surface area (Å²) in [5.74, 6) is -0.591. The van der Waals surface area contributed by atoms with E-state index in [0.717, 1.165) is 16.5 Å². The molecule has 0 aliphatic rings. The quantitative estimate of drug-likeness (QED) is 0.316. The number of benzene rings is 3. The molecule has 0 unspecified atom stereocenters. The van der Waals surface area contributed by atoms with Crippen molar-refractivity contribution >= 4 is 22.5 Å². The molecule has 4 nitrogen and oxygen atoms in total. The highest BCUT2D eigenvalue weighted by molar-refractivity contribution is 6.36. The molecule has 0 aromatic heterocycles. The minimum Gasteiger partial charge on any atom is -0.456 e. The van der Waals surface area contributed by atoms with Crippen LogP contribution in [0, 0.1) is 0 Å². The van der Waals surface area contributed by atoms with Crippen molar-refractivity contribution in [2.75, 3.05) is 0 Å². The Morgan fingerprint density at radius 3 is 2.36 bits per heavy atom. The van der Waals surface area contributed by atoms with Gasteiger partial charge in [0.05, 0.1) is 0 Å². The van der Waals surface area contributed by atoms with E-state index in [-0.39, 0.29) is 12.3 Å². The molecule has 0 spiro atoms. The summed E-state index contributed by atoms with van der Waals surface area (Å²) >= 11 is 0. The molecule has 4 heteroatoms. The van der Waals surface area contributed by atoms with E-state index in [1.807, 2.05) is 60.7 Å². The molecule has 3 rings (SSSR count). The molecule has 0 saturated heterocycles. The third kappa shape index (κ3) is 4.44. The Bertz CT molecular complexity index is 888. The van der Waals surface area contributed by atoms with Gasteiger partial charge in [0.2, 0.25) is 0 Å². The fraction of sp³-hybridized carbons (Fsp3) is 0.143. The third-order valence-electron chi connectivity index (χ3n) is 4.03. The van der Waals surface area contributed by atoms with E-state index in [9.17, 15) is 4.79 Å². The summed E-state index contributed by atoms with van der Waals surface area (Å²) in [4.78, 5) is 12.1. The second-order valence-corrected chi connectivity index (χ2v) is 5.79. The van der Waals surface area contributed by atoms with Crippen LogP contribution in [0.4, 0.5) is 0 Å². The second kappa shape index (κ2) is 8.11. The Morgan fingerprint density at radius 2 is 1.60 bits per heavy atom. The van der Waals surface area contributed by atoms with Crippen molar-refractivity contribution in [1.29, 1.82) is 0 Å². The lowest BCUT2D eigenvalue weighted by atomic mass is 10.0. The van der Waals surface area contributed by atoms with Gasteiger partial charge in [-0.15, -0.1) is 0 Å². The Hall–Kier alpha value is -3.14. The van der Waals surface area contributed by atoms with E-state index in [1.54, 1.807) is 0 Å². The normalized spacial score (nSPS) is 11.4. The molecular formula is C21H19NO3. The lowest BCUT2D eigenvalue weighted by Crippen LogP contribution is -2.18. The number of hydrogen-bond donors (Lipinski definition) is 1. The molecule has 0 radical (unpaired) electrons. The Morgan fingerprint density at radius 1 is 0.880 bits per heavy atom. The predicted molar refractivity (Wildman–Crippen MR) is 97.7 cm³/mol. The average Bonchev–Trinajstić information content (AvgIpc) is 2.67. The average molecular weight is 333 g/mol. The molecule has 0 fully saturated rings. The summed E-state index contributed by atoms with van der Waals surface area (Å²) < 4.78 is 5.21. The number of fused-ring (bicyclic) bond motifs is 1. The second-order valence-electron chi connectivity index (χ2n) is 5.79. The van der Waals surface area contributed by atoms with Gasteiger partial charge in [0.15, 0.2) is 5.71 Å². The monoisotopic (exact) mass is 333 g/mol.